The van der Waals surface area contributed by atoms with E-state index in [1.54, 1.807) is 4.80 Å². The molecule has 13 atom stereocenters. The minimum atomic E-state index is -0.625. The highest BCUT2D eigenvalue weighted by atomic mass is 16.5. The molecule has 6 rings (SSSR count). The number of nitrogens with zero attached hydrogens (tertiary/aromatic N) is 5. The van der Waals surface area contributed by atoms with Crippen LogP contribution in [0.25, 0.3) is 0 Å². The molecule has 1 aromatic rings. The van der Waals surface area contributed by atoms with Crippen molar-refractivity contribution in [2.24, 2.45) is 62.6 Å². The maximum absolute atomic E-state index is 13.5. The Morgan fingerprint density at radius 2 is 1.73 bits per heavy atom. The Bertz CT molecular complexity index is 1440. The molecule has 0 amide bonds. The number of tetrazole rings is 1. The number of hydrogen-bond acceptors (Lipinski definition) is 8. The molecule has 2 unspecified atom stereocenters. The normalized spacial score (nSPS) is 43.7. The molecule has 276 valence electrons. The van der Waals surface area contributed by atoms with Crippen LogP contribution in [0, 0.1) is 62.6 Å². The van der Waals surface area contributed by atoms with Crippen molar-refractivity contribution in [2.45, 2.75) is 132 Å². The first-order valence-electron chi connectivity index (χ1n) is 19.2. The molecular formula is C39H66N6O4. The van der Waals surface area contributed by atoms with Gasteiger partial charge in [0.05, 0.1) is 31.3 Å². The van der Waals surface area contributed by atoms with Crippen LogP contribution in [0.3, 0.4) is 0 Å². The standard InChI is InChI=1S/C39H66N6O4/c1-22(2)24(5)35(7)17-18-37(9)26-13-14-29-36(8)20-48-21-39(29,27(26)15-16-38(37,10)31(35)33(46)47)19-28(45-42-34(40)41-43-45)32(36)49-25(6)30(23(3)4)44(11)12/h15,22-26,28-32H,13-14,16-21H2,1-12H3,(H2,40,42)(H,46,47)/t24-,25?,26+,28-,29+,30?,31-,32+,35-,36+,37-,38+,39+/m1/s1. The van der Waals surface area contributed by atoms with E-state index in [1.807, 2.05) is 0 Å². The second-order valence-electron chi connectivity index (χ2n) is 19.0. The minimum Gasteiger partial charge on any atom is -0.481 e. The van der Waals surface area contributed by atoms with E-state index in [1.165, 1.54) is 5.57 Å². The predicted octanol–water partition coefficient (Wildman–Crippen LogP) is 6.74. The Hall–Kier alpha value is -2.04. The van der Waals surface area contributed by atoms with E-state index in [-0.39, 0.29) is 57.3 Å². The van der Waals surface area contributed by atoms with E-state index in [2.05, 4.69) is 110 Å². The number of carbonyl (C=O) groups is 1. The van der Waals surface area contributed by atoms with Crippen LogP contribution in [-0.2, 0) is 14.3 Å². The number of hydrogen-bond donors (Lipinski definition) is 2. The molecule has 4 aliphatic carbocycles. The average molecular weight is 683 g/mol. The van der Waals surface area contributed by atoms with Crippen LogP contribution < -0.4 is 5.73 Å². The lowest BCUT2D eigenvalue weighted by Gasteiger charge is -2.71. The van der Waals surface area contributed by atoms with Gasteiger partial charge in [0.2, 0.25) is 0 Å². The number of nitrogen functional groups attached to an aromatic ring is 1. The van der Waals surface area contributed by atoms with Gasteiger partial charge in [-0.05, 0) is 111 Å². The van der Waals surface area contributed by atoms with E-state index in [4.69, 9.17) is 15.2 Å². The number of likely N-dealkylation sites (N-methyl/N-ethyl adjacent to an activating group) is 1. The van der Waals surface area contributed by atoms with E-state index in [9.17, 15) is 9.90 Å². The number of aliphatic carboxylic acids is 1. The van der Waals surface area contributed by atoms with Crippen LogP contribution >= 0.6 is 0 Å². The number of carboxylic acid groups (broad SMARTS) is 1. The molecule has 3 N–H and O–H groups in total. The van der Waals surface area contributed by atoms with Gasteiger partial charge in [0.15, 0.2) is 0 Å². The first-order chi connectivity index (χ1) is 22.8. The summed E-state index contributed by atoms with van der Waals surface area (Å²) in [5.74, 6) is 0.934. The van der Waals surface area contributed by atoms with Crippen molar-refractivity contribution in [1.29, 1.82) is 0 Å². The van der Waals surface area contributed by atoms with E-state index in [0.29, 0.717) is 42.8 Å². The van der Waals surface area contributed by atoms with Gasteiger partial charge in [0.1, 0.15) is 6.04 Å². The summed E-state index contributed by atoms with van der Waals surface area (Å²) < 4.78 is 14.0. The molecule has 1 aliphatic heterocycles. The molecule has 2 heterocycles. The number of nitrogens with two attached hydrogens (primary N) is 1. The van der Waals surface area contributed by atoms with Crippen LogP contribution in [0.4, 0.5) is 5.95 Å². The number of carboxylic acids is 1. The fraction of sp³-hybridized carbons (Fsp3) is 0.897. The highest BCUT2D eigenvalue weighted by Crippen LogP contribution is 2.75. The lowest BCUT2D eigenvalue weighted by atomic mass is 9.34. The smallest absolute Gasteiger partial charge is 0.307 e. The number of fused-ring (bicyclic) bond motifs is 3. The molecule has 0 aromatic carbocycles. The summed E-state index contributed by atoms with van der Waals surface area (Å²) in [6.07, 6.45) is 7.94. The Morgan fingerprint density at radius 1 is 1.04 bits per heavy atom. The summed E-state index contributed by atoms with van der Waals surface area (Å²) in [6.45, 7) is 24.2. The van der Waals surface area contributed by atoms with Crippen LogP contribution in [0.5, 0.6) is 0 Å². The lowest BCUT2D eigenvalue weighted by Crippen LogP contribution is -2.69. The zero-order valence-corrected chi connectivity index (χ0v) is 32.5. The van der Waals surface area contributed by atoms with Gasteiger partial charge >= 0.3 is 5.97 Å². The molecule has 1 saturated heterocycles. The number of rotatable bonds is 9. The van der Waals surface area contributed by atoms with Crippen LogP contribution in [0.2, 0.25) is 0 Å². The average Bonchev–Trinajstić information content (AvgIpc) is 3.44. The summed E-state index contributed by atoms with van der Waals surface area (Å²) in [5.41, 5.74) is 6.32. The zero-order valence-electron chi connectivity index (χ0n) is 32.5. The van der Waals surface area contributed by atoms with Gasteiger partial charge < -0.3 is 25.2 Å². The number of aromatic nitrogens is 4. The first kappa shape index (κ1) is 36.7. The summed E-state index contributed by atoms with van der Waals surface area (Å²) >= 11 is 0. The molecule has 1 aromatic heterocycles. The van der Waals surface area contributed by atoms with Gasteiger partial charge in [-0.3, -0.25) is 4.79 Å². The molecule has 4 fully saturated rings. The maximum atomic E-state index is 13.5. The minimum absolute atomic E-state index is 0.0304. The Balaban J connectivity index is 1.45. The van der Waals surface area contributed by atoms with Crippen LogP contribution in [-0.4, -0.2) is 81.7 Å². The molecule has 2 bridgehead atoms. The van der Waals surface area contributed by atoms with Crippen molar-refractivity contribution in [3.05, 3.63) is 11.6 Å². The van der Waals surface area contributed by atoms with Crippen molar-refractivity contribution < 1.29 is 19.4 Å². The quantitative estimate of drug-likeness (QED) is 0.272. The Labute approximate surface area is 295 Å². The summed E-state index contributed by atoms with van der Waals surface area (Å²) in [6, 6.07) is 0.0719. The van der Waals surface area contributed by atoms with Crippen LogP contribution in [0.1, 0.15) is 114 Å². The maximum Gasteiger partial charge on any atom is 0.307 e. The van der Waals surface area contributed by atoms with E-state index < -0.39 is 11.9 Å². The van der Waals surface area contributed by atoms with Gasteiger partial charge in [-0.15, -0.1) is 5.10 Å². The predicted molar refractivity (Wildman–Crippen MR) is 191 cm³/mol. The third-order valence-corrected chi connectivity index (χ3v) is 16.0. The highest BCUT2D eigenvalue weighted by molar-refractivity contribution is 5.73. The van der Waals surface area contributed by atoms with Gasteiger partial charge in [-0.1, -0.05) is 79.1 Å². The van der Waals surface area contributed by atoms with Crippen molar-refractivity contribution in [1.82, 2.24) is 25.1 Å². The summed E-state index contributed by atoms with van der Waals surface area (Å²) in [5, 5.41) is 24.3. The summed E-state index contributed by atoms with van der Waals surface area (Å²) in [4.78, 5) is 17.5. The number of anilines is 1. The largest absolute Gasteiger partial charge is 0.481 e. The van der Waals surface area contributed by atoms with Crippen molar-refractivity contribution in [3.63, 3.8) is 0 Å². The Morgan fingerprint density at radius 3 is 2.31 bits per heavy atom. The third-order valence-electron chi connectivity index (χ3n) is 16.0. The van der Waals surface area contributed by atoms with Crippen molar-refractivity contribution >= 4 is 11.9 Å². The SMILES string of the molecule is CC(C)C(C(C)O[C@H]1[C@H](n2nnc(N)n2)C[C@@]23COC[C@@]1(C)[C@@H]2CC[C@H]1C3=CC[C@@]2(C)[C@H](C(=O)O)[C@@](C)([C@H](C)C(C)C)CC[C@]12C)N(C)C. The second-order valence-corrected chi connectivity index (χ2v) is 19.0. The summed E-state index contributed by atoms with van der Waals surface area (Å²) in [7, 11) is 4.27. The van der Waals surface area contributed by atoms with Crippen molar-refractivity contribution in [3.8, 4) is 0 Å². The molecule has 0 radical (unpaired) electrons. The third kappa shape index (κ3) is 5.18. The molecule has 49 heavy (non-hydrogen) atoms. The van der Waals surface area contributed by atoms with E-state index in [0.717, 1.165) is 38.5 Å². The van der Waals surface area contributed by atoms with Gasteiger partial charge in [0, 0.05) is 16.9 Å². The fourth-order valence-corrected chi connectivity index (χ4v) is 13.3. The molecule has 0 spiro atoms. The van der Waals surface area contributed by atoms with Gasteiger partial charge in [-0.2, -0.15) is 4.80 Å². The molecule has 5 aliphatic rings. The second kappa shape index (κ2) is 12.3. The fourth-order valence-electron chi connectivity index (χ4n) is 13.3. The van der Waals surface area contributed by atoms with Crippen molar-refractivity contribution in [2.75, 3.05) is 33.0 Å². The topological polar surface area (TPSA) is 129 Å². The monoisotopic (exact) mass is 683 g/mol. The number of allylic oxidation sites excluding steroid dienone is 1. The molecule has 10 heteroatoms. The zero-order chi connectivity index (χ0) is 36.1. The lowest BCUT2D eigenvalue weighted by molar-refractivity contribution is -0.262. The molecular weight excluding hydrogens is 616 g/mol. The first-order valence-corrected chi connectivity index (χ1v) is 19.2. The molecule has 10 nitrogen and oxygen atoms in total. The highest BCUT2D eigenvalue weighted by Gasteiger charge is 2.72. The number of ether oxygens (including phenoxy) is 2. The van der Waals surface area contributed by atoms with Crippen LogP contribution in [0.15, 0.2) is 11.6 Å². The Kier molecular flexibility index (Phi) is 9.21. The van der Waals surface area contributed by atoms with E-state index >= 15 is 0 Å². The molecule has 3 saturated carbocycles. The van der Waals surface area contributed by atoms with Gasteiger partial charge in [-0.25, -0.2) is 0 Å². The van der Waals surface area contributed by atoms with Gasteiger partial charge in [0.25, 0.3) is 5.95 Å².